The predicted octanol–water partition coefficient (Wildman–Crippen LogP) is 3.79. The van der Waals surface area contributed by atoms with E-state index in [1.807, 2.05) is 11.3 Å². The first-order valence-electron chi connectivity index (χ1n) is 7.14. The monoisotopic (exact) mass is 268 g/mol. The van der Waals surface area contributed by atoms with Gasteiger partial charge in [0, 0.05) is 22.8 Å². The van der Waals surface area contributed by atoms with Gasteiger partial charge in [-0.25, -0.2) is 0 Å². The summed E-state index contributed by atoms with van der Waals surface area (Å²) >= 11 is 1.94. The Balaban J connectivity index is 2.45. The van der Waals surface area contributed by atoms with Gasteiger partial charge < -0.3 is 10.2 Å². The first kappa shape index (κ1) is 15.7. The highest BCUT2D eigenvalue weighted by molar-refractivity contribution is 7.12. The van der Waals surface area contributed by atoms with E-state index in [1.54, 1.807) is 0 Å². The lowest BCUT2D eigenvalue weighted by Gasteiger charge is -2.15. The number of hydrogen-bond donors (Lipinski definition) is 1. The molecule has 0 fully saturated rings. The Labute approximate surface area is 116 Å². The molecule has 1 rings (SSSR count). The Morgan fingerprint density at radius 3 is 2.72 bits per heavy atom. The molecule has 0 atom stereocenters. The second-order valence-corrected chi connectivity index (χ2v) is 6.40. The quantitative estimate of drug-likeness (QED) is 0.686. The molecule has 1 heterocycles. The average molecular weight is 268 g/mol. The van der Waals surface area contributed by atoms with Crippen LogP contribution >= 0.6 is 11.3 Å². The summed E-state index contributed by atoms with van der Waals surface area (Å²) < 4.78 is 0. The number of thiophene rings is 1. The molecule has 0 radical (unpaired) electrons. The summed E-state index contributed by atoms with van der Waals surface area (Å²) in [6.07, 6.45) is 3.78. The first-order chi connectivity index (χ1) is 8.67. The van der Waals surface area contributed by atoms with E-state index in [0.29, 0.717) is 0 Å². The predicted molar refractivity (Wildman–Crippen MR) is 82.3 cm³/mol. The van der Waals surface area contributed by atoms with Crippen molar-refractivity contribution < 1.29 is 0 Å². The minimum absolute atomic E-state index is 1.03. The summed E-state index contributed by atoms with van der Waals surface area (Å²) in [6.45, 7) is 11.1. The average Bonchev–Trinajstić information content (AvgIpc) is 2.68. The fraction of sp³-hybridized carbons (Fsp3) is 0.733. The summed E-state index contributed by atoms with van der Waals surface area (Å²) in [4.78, 5) is 5.38. The van der Waals surface area contributed by atoms with Crippen LogP contribution in [-0.2, 0) is 13.1 Å². The van der Waals surface area contributed by atoms with Gasteiger partial charge in [0.05, 0.1) is 0 Å². The van der Waals surface area contributed by atoms with Crippen molar-refractivity contribution in [3.8, 4) is 0 Å². The highest BCUT2D eigenvalue weighted by atomic mass is 32.1. The number of nitrogens with zero attached hydrogens (tertiary/aromatic N) is 1. The largest absolute Gasteiger partial charge is 0.312 e. The van der Waals surface area contributed by atoms with Crippen molar-refractivity contribution >= 4 is 11.3 Å². The van der Waals surface area contributed by atoms with Crippen LogP contribution in [0.2, 0.25) is 0 Å². The second-order valence-electron chi connectivity index (χ2n) is 5.06. The van der Waals surface area contributed by atoms with E-state index in [9.17, 15) is 0 Å². The van der Waals surface area contributed by atoms with Gasteiger partial charge in [-0.05, 0) is 51.5 Å². The zero-order valence-electron chi connectivity index (χ0n) is 12.4. The lowest BCUT2D eigenvalue weighted by Crippen LogP contribution is -2.19. The van der Waals surface area contributed by atoms with Crippen LogP contribution in [0.15, 0.2) is 6.07 Å². The Kier molecular flexibility index (Phi) is 7.56. The third-order valence-electron chi connectivity index (χ3n) is 3.13. The van der Waals surface area contributed by atoms with Crippen molar-refractivity contribution in [1.82, 2.24) is 10.2 Å². The third-order valence-corrected chi connectivity index (χ3v) is 4.22. The minimum Gasteiger partial charge on any atom is -0.312 e. The van der Waals surface area contributed by atoms with E-state index in [2.05, 4.69) is 44.1 Å². The van der Waals surface area contributed by atoms with Crippen molar-refractivity contribution in [2.45, 2.75) is 53.1 Å². The highest BCUT2D eigenvalue weighted by Crippen LogP contribution is 2.22. The highest BCUT2D eigenvalue weighted by Gasteiger charge is 2.07. The van der Waals surface area contributed by atoms with Gasteiger partial charge >= 0.3 is 0 Å². The maximum absolute atomic E-state index is 3.48. The van der Waals surface area contributed by atoms with Gasteiger partial charge in [-0.2, -0.15) is 0 Å². The van der Waals surface area contributed by atoms with Crippen molar-refractivity contribution in [2.75, 3.05) is 20.1 Å². The van der Waals surface area contributed by atoms with Gasteiger partial charge in [-0.15, -0.1) is 11.3 Å². The number of rotatable bonds is 9. The number of unbranched alkanes of at least 4 members (excludes halogenated alkanes) is 1. The van der Waals surface area contributed by atoms with E-state index in [0.717, 1.165) is 19.6 Å². The maximum atomic E-state index is 3.48. The number of aryl methyl sites for hydroxylation is 1. The molecule has 0 aliphatic heterocycles. The van der Waals surface area contributed by atoms with Gasteiger partial charge in [0.2, 0.25) is 0 Å². The topological polar surface area (TPSA) is 15.3 Å². The van der Waals surface area contributed by atoms with E-state index < -0.39 is 0 Å². The summed E-state index contributed by atoms with van der Waals surface area (Å²) in [5.41, 5.74) is 1.51. The zero-order chi connectivity index (χ0) is 13.4. The molecule has 1 aromatic rings. The third kappa shape index (κ3) is 5.51. The fourth-order valence-electron chi connectivity index (χ4n) is 2.02. The molecule has 0 saturated heterocycles. The molecule has 104 valence electrons. The molecule has 3 heteroatoms. The Hall–Kier alpha value is -0.380. The van der Waals surface area contributed by atoms with E-state index in [-0.39, 0.29) is 0 Å². The zero-order valence-corrected chi connectivity index (χ0v) is 13.2. The van der Waals surface area contributed by atoms with Crippen LogP contribution in [0.3, 0.4) is 0 Å². The molecule has 18 heavy (non-hydrogen) atoms. The van der Waals surface area contributed by atoms with Gasteiger partial charge in [-0.3, -0.25) is 0 Å². The Morgan fingerprint density at radius 2 is 2.06 bits per heavy atom. The Morgan fingerprint density at radius 1 is 1.28 bits per heavy atom. The molecular weight excluding hydrogens is 240 g/mol. The molecular formula is C15H28N2S. The Bertz CT molecular complexity index is 333. The normalized spacial score (nSPS) is 11.4. The molecule has 1 aromatic heterocycles. The van der Waals surface area contributed by atoms with Crippen LogP contribution in [0.5, 0.6) is 0 Å². The summed E-state index contributed by atoms with van der Waals surface area (Å²) in [5, 5.41) is 3.48. The van der Waals surface area contributed by atoms with Gasteiger partial charge in [0.1, 0.15) is 0 Å². The second kappa shape index (κ2) is 8.68. The molecule has 2 nitrogen and oxygen atoms in total. The molecule has 0 bridgehead atoms. The molecule has 1 N–H and O–H groups in total. The molecule has 0 aliphatic rings. The maximum Gasteiger partial charge on any atom is 0.0299 e. The van der Waals surface area contributed by atoms with Gasteiger partial charge in [-0.1, -0.05) is 20.3 Å². The van der Waals surface area contributed by atoms with Crippen molar-refractivity contribution in [2.24, 2.45) is 0 Å². The van der Waals surface area contributed by atoms with Crippen molar-refractivity contribution in [1.29, 1.82) is 0 Å². The smallest absolute Gasteiger partial charge is 0.0299 e. The van der Waals surface area contributed by atoms with E-state index in [4.69, 9.17) is 0 Å². The van der Waals surface area contributed by atoms with Gasteiger partial charge in [0.25, 0.3) is 0 Å². The van der Waals surface area contributed by atoms with Crippen LogP contribution in [0.4, 0.5) is 0 Å². The van der Waals surface area contributed by atoms with Crippen molar-refractivity contribution in [3.05, 3.63) is 21.4 Å². The summed E-state index contributed by atoms with van der Waals surface area (Å²) in [7, 11) is 2.22. The van der Waals surface area contributed by atoms with Crippen LogP contribution < -0.4 is 5.32 Å². The number of nitrogens with one attached hydrogen (secondary N) is 1. The molecule has 0 aliphatic carbocycles. The SMILES string of the molecule is CCCCN(C)Cc1cc(CNCCC)sc1C. The summed E-state index contributed by atoms with van der Waals surface area (Å²) in [5.74, 6) is 0. The summed E-state index contributed by atoms with van der Waals surface area (Å²) in [6, 6.07) is 2.38. The fourth-order valence-corrected chi connectivity index (χ4v) is 3.04. The lowest BCUT2D eigenvalue weighted by atomic mass is 10.2. The van der Waals surface area contributed by atoms with Crippen LogP contribution in [-0.4, -0.2) is 25.0 Å². The molecule has 0 spiro atoms. The standard InChI is InChI=1S/C15H28N2S/c1-5-7-9-17(4)12-14-10-15(18-13(14)3)11-16-8-6-2/h10,16H,5-9,11-12H2,1-4H3. The molecule has 0 unspecified atom stereocenters. The van der Waals surface area contributed by atoms with E-state index >= 15 is 0 Å². The molecule has 0 aromatic carbocycles. The van der Waals surface area contributed by atoms with Crippen molar-refractivity contribution in [3.63, 3.8) is 0 Å². The van der Waals surface area contributed by atoms with Crippen LogP contribution in [0, 0.1) is 6.92 Å². The van der Waals surface area contributed by atoms with Crippen LogP contribution in [0.1, 0.15) is 48.4 Å². The molecule has 0 saturated carbocycles. The number of hydrogen-bond acceptors (Lipinski definition) is 3. The van der Waals surface area contributed by atoms with Crippen LogP contribution in [0.25, 0.3) is 0 Å². The first-order valence-corrected chi connectivity index (χ1v) is 7.96. The van der Waals surface area contributed by atoms with E-state index in [1.165, 1.54) is 41.1 Å². The lowest BCUT2D eigenvalue weighted by molar-refractivity contribution is 0.320. The van der Waals surface area contributed by atoms with Gasteiger partial charge in [0.15, 0.2) is 0 Å². The minimum atomic E-state index is 1.03. The molecule has 0 amide bonds.